The zero-order valence-electron chi connectivity index (χ0n) is 23.1. The quantitative estimate of drug-likeness (QED) is 0.443. The second kappa shape index (κ2) is 10.5. The second-order valence-corrected chi connectivity index (χ2v) is 11.7. The molecule has 0 saturated carbocycles. The fourth-order valence-corrected chi connectivity index (χ4v) is 6.92. The van der Waals surface area contributed by atoms with Crippen molar-refractivity contribution in [3.05, 3.63) is 94.8 Å². The van der Waals surface area contributed by atoms with E-state index in [1.165, 1.54) is 24.1 Å². The number of carbonyl (C=O) groups is 2. The van der Waals surface area contributed by atoms with Gasteiger partial charge in [-0.2, -0.15) is 0 Å². The molecule has 2 amide bonds. The molecule has 1 aromatic heterocycles. The molecule has 2 aromatic carbocycles. The summed E-state index contributed by atoms with van der Waals surface area (Å²) in [7, 11) is 1.90. The lowest BCUT2D eigenvalue weighted by molar-refractivity contribution is 0.0515. The lowest BCUT2D eigenvalue weighted by Gasteiger charge is -2.47. The van der Waals surface area contributed by atoms with Gasteiger partial charge >= 0.3 is 0 Å². The molecule has 1 spiro atoms. The fourth-order valence-electron chi connectivity index (χ4n) is 6.92. The number of aryl methyl sites for hydroxylation is 2. The highest BCUT2D eigenvalue weighted by atomic mass is 16.2. The fraction of sp³-hybridized carbons (Fsp3) is 0.424. The first-order valence-electron chi connectivity index (χ1n) is 14.3. The van der Waals surface area contributed by atoms with Crippen molar-refractivity contribution in [1.82, 2.24) is 14.8 Å². The first-order chi connectivity index (χ1) is 18.9. The maximum Gasteiger partial charge on any atom is 0.254 e. The summed E-state index contributed by atoms with van der Waals surface area (Å²) in [5.41, 5.74) is 6.47. The molecule has 3 aliphatic rings. The Balaban J connectivity index is 1.10. The Labute approximate surface area is 231 Å². The van der Waals surface area contributed by atoms with Gasteiger partial charge in [0.15, 0.2) is 0 Å². The van der Waals surface area contributed by atoms with Crippen LogP contribution in [0.1, 0.15) is 75.6 Å². The molecular weight excluding hydrogens is 484 g/mol. The van der Waals surface area contributed by atoms with Gasteiger partial charge in [0, 0.05) is 62.4 Å². The summed E-state index contributed by atoms with van der Waals surface area (Å²) in [6, 6.07) is 18.1. The summed E-state index contributed by atoms with van der Waals surface area (Å²) in [5, 5.41) is 0. The molecule has 0 radical (unpaired) electrons. The molecule has 2 aliphatic heterocycles. The molecule has 1 aliphatic carbocycles. The van der Waals surface area contributed by atoms with E-state index in [2.05, 4.69) is 34.1 Å². The standard InChI is InChI=1S/C33H38N4O2/c1-24-5-3-4-6-28(24)32(39)35(2)30-10-9-25-7-8-26(23-29(25)30)31(38)37-21-15-33(16-22-37)13-19-36(20-14-33)27-11-17-34-18-12-27/h3-8,11-12,17-18,23,30H,9-10,13-16,19-22H2,1-2H3. The van der Waals surface area contributed by atoms with Crippen LogP contribution in [-0.4, -0.2) is 59.8 Å². The maximum absolute atomic E-state index is 13.6. The van der Waals surface area contributed by atoms with E-state index in [-0.39, 0.29) is 17.9 Å². The monoisotopic (exact) mass is 522 g/mol. The van der Waals surface area contributed by atoms with Crippen LogP contribution >= 0.6 is 0 Å². The summed E-state index contributed by atoms with van der Waals surface area (Å²) < 4.78 is 0. The van der Waals surface area contributed by atoms with Gasteiger partial charge in [0.05, 0.1) is 6.04 Å². The number of nitrogens with zero attached hydrogens (tertiary/aromatic N) is 4. The number of pyridine rings is 1. The normalized spacial score (nSPS) is 20.1. The van der Waals surface area contributed by atoms with E-state index in [1.54, 1.807) is 0 Å². The number of anilines is 1. The maximum atomic E-state index is 13.6. The first-order valence-corrected chi connectivity index (χ1v) is 14.3. The molecule has 0 N–H and O–H groups in total. The predicted molar refractivity (Wildman–Crippen MR) is 154 cm³/mol. The Morgan fingerprint density at radius 2 is 1.62 bits per heavy atom. The van der Waals surface area contributed by atoms with Crippen LogP contribution in [0.15, 0.2) is 67.0 Å². The number of benzene rings is 2. The molecule has 0 bridgehead atoms. The SMILES string of the molecule is Cc1ccccc1C(=O)N(C)C1CCc2ccc(C(=O)N3CCC4(CC3)CCN(c3ccncc3)CC4)cc21. The Bertz CT molecular complexity index is 1350. The van der Waals surface area contributed by atoms with Gasteiger partial charge in [0.2, 0.25) is 0 Å². The Hall–Kier alpha value is -3.67. The van der Waals surface area contributed by atoms with Crippen LogP contribution in [0.4, 0.5) is 5.69 Å². The molecule has 3 heterocycles. The number of rotatable bonds is 4. The van der Waals surface area contributed by atoms with Crippen molar-refractivity contribution in [2.45, 2.75) is 51.5 Å². The summed E-state index contributed by atoms with van der Waals surface area (Å²) in [5.74, 6) is 0.166. The number of likely N-dealkylation sites (tertiary alicyclic amines) is 1. The second-order valence-electron chi connectivity index (χ2n) is 11.7. The van der Waals surface area contributed by atoms with Crippen molar-refractivity contribution in [2.24, 2.45) is 5.41 Å². The van der Waals surface area contributed by atoms with Gasteiger partial charge in [-0.1, -0.05) is 24.3 Å². The number of carbonyl (C=O) groups excluding carboxylic acids is 2. The first kappa shape index (κ1) is 25.6. The van der Waals surface area contributed by atoms with Crippen molar-refractivity contribution >= 4 is 17.5 Å². The van der Waals surface area contributed by atoms with Crippen molar-refractivity contribution in [3.8, 4) is 0 Å². The van der Waals surface area contributed by atoms with Crippen LogP contribution in [0.5, 0.6) is 0 Å². The third kappa shape index (κ3) is 4.93. The highest BCUT2D eigenvalue weighted by Crippen LogP contribution is 2.43. The van der Waals surface area contributed by atoms with Crippen molar-refractivity contribution < 1.29 is 9.59 Å². The number of amides is 2. The smallest absolute Gasteiger partial charge is 0.254 e. The molecule has 6 rings (SSSR count). The van der Waals surface area contributed by atoms with E-state index in [0.717, 1.165) is 74.1 Å². The highest BCUT2D eigenvalue weighted by Gasteiger charge is 2.39. The minimum Gasteiger partial charge on any atom is -0.371 e. The molecule has 39 heavy (non-hydrogen) atoms. The lowest BCUT2D eigenvalue weighted by atomic mass is 9.71. The van der Waals surface area contributed by atoms with Crippen LogP contribution < -0.4 is 4.90 Å². The summed E-state index contributed by atoms with van der Waals surface area (Å²) in [6.45, 7) is 5.76. The van der Waals surface area contributed by atoms with Gasteiger partial charge in [0.1, 0.15) is 0 Å². The topological polar surface area (TPSA) is 56.8 Å². The van der Waals surface area contributed by atoms with Crippen molar-refractivity contribution in [2.75, 3.05) is 38.1 Å². The molecule has 1 atom stereocenters. The van der Waals surface area contributed by atoms with E-state index in [9.17, 15) is 9.59 Å². The third-order valence-corrected chi connectivity index (χ3v) is 9.57. The number of hydrogen-bond donors (Lipinski definition) is 0. The number of fused-ring (bicyclic) bond motifs is 1. The number of hydrogen-bond acceptors (Lipinski definition) is 4. The van der Waals surface area contributed by atoms with Gasteiger partial charge in [0.25, 0.3) is 11.8 Å². The Kier molecular flexibility index (Phi) is 6.88. The number of piperidine rings is 2. The average Bonchev–Trinajstić information content (AvgIpc) is 3.41. The zero-order valence-corrected chi connectivity index (χ0v) is 23.1. The third-order valence-electron chi connectivity index (χ3n) is 9.57. The van der Waals surface area contributed by atoms with E-state index >= 15 is 0 Å². The number of aromatic nitrogens is 1. The van der Waals surface area contributed by atoms with Gasteiger partial charge in [-0.15, -0.1) is 0 Å². The van der Waals surface area contributed by atoms with Gasteiger partial charge in [-0.25, -0.2) is 0 Å². The largest absolute Gasteiger partial charge is 0.371 e. The highest BCUT2D eigenvalue weighted by molar-refractivity contribution is 5.96. The molecule has 6 heteroatoms. The van der Waals surface area contributed by atoms with E-state index in [0.29, 0.717) is 5.41 Å². The summed E-state index contributed by atoms with van der Waals surface area (Å²) >= 11 is 0. The molecule has 3 aromatic rings. The van der Waals surface area contributed by atoms with Crippen LogP contribution in [-0.2, 0) is 6.42 Å². The lowest BCUT2D eigenvalue weighted by Crippen LogP contribution is -2.48. The van der Waals surface area contributed by atoms with Gasteiger partial charge < -0.3 is 14.7 Å². The molecule has 2 fully saturated rings. The molecule has 6 nitrogen and oxygen atoms in total. The van der Waals surface area contributed by atoms with E-state index in [1.807, 2.05) is 66.5 Å². The van der Waals surface area contributed by atoms with E-state index < -0.39 is 0 Å². The predicted octanol–water partition coefficient (Wildman–Crippen LogP) is 5.67. The van der Waals surface area contributed by atoms with Gasteiger partial charge in [-0.3, -0.25) is 14.6 Å². The zero-order chi connectivity index (χ0) is 27.0. The molecule has 2 saturated heterocycles. The minimum absolute atomic E-state index is 0.00457. The molecule has 202 valence electrons. The van der Waals surface area contributed by atoms with Crippen molar-refractivity contribution in [1.29, 1.82) is 0 Å². The van der Waals surface area contributed by atoms with Crippen LogP contribution in [0.2, 0.25) is 0 Å². The van der Waals surface area contributed by atoms with Crippen LogP contribution in [0.3, 0.4) is 0 Å². The van der Waals surface area contributed by atoms with Crippen molar-refractivity contribution in [3.63, 3.8) is 0 Å². The summed E-state index contributed by atoms with van der Waals surface area (Å²) in [6.07, 6.45) is 10.1. The Morgan fingerprint density at radius 1 is 0.923 bits per heavy atom. The van der Waals surface area contributed by atoms with E-state index in [4.69, 9.17) is 0 Å². The average molecular weight is 523 g/mol. The minimum atomic E-state index is -0.00457. The molecule has 1 unspecified atom stereocenters. The van der Waals surface area contributed by atoms with Crippen LogP contribution in [0, 0.1) is 12.3 Å². The summed E-state index contributed by atoms with van der Waals surface area (Å²) in [4.78, 5) is 37.5. The van der Waals surface area contributed by atoms with Gasteiger partial charge in [-0.05, 0) is 97.9 Å². The Morgan fingerprint density at radius 3 is 2.33 bits per heavy atom. The van der Waals surface area contributed by atoms with Crippen LogP contribution in [0.25, 0.3) is 0 Å². The molecular formula is C33H38N4O2.